The van der Waals surface area contributed by atoms with Crippen LogP contribution in [0.2, 0.25) is 0 Å². The zero-order chi connectivity index (χ0) is 12.4. The van der Waals surface area contributed by atoms with Crippen molar-refractivity contribution in [3.63, 3.8) is 0 Å². The van der Waals surface area contributed by atoms with Crippen LogP contribution in [0.1, 0.15) is 0 Å². The van der Waals surface area contributed by atoms with Gasteiger partial charge in [-0.3, -0.25) is 10.1 Å². The Labute approximate surface area is 107 Å². The van der Waals surface area contributed by atoms with Gasteiger partial charge in [-0.05, 0) is 12.1 Å². The molecule has 0 aliphatic heterocycles. The summed E-state index contributed by atoms with van der Waals surface area (Å²) in [5.41, 5.74) is 0.728. The van der Waals surface area contributed by atoms with Gasteiger partial charge >= 0.3 is 0 Å². The van der Waals surface area contributed by atoms with Crippen LogP contribution in [-0.4, -0.2) is 32.2 Å². The van der Waals surface area contributed by atoms with Gasteiger partial charge < -0.3 is 5.32 Å². The molecule has 3 rings (SSSR count). The summed E-state index contributed by atoms with van der Waals surface area (Å²) in [4.78, 5) is 13.8. The maximum absolute atomic E-state index is 4.45. The molecule has 3 heterocycles. The first kappa shape index (κ1) is 11.0. The number of fused-ring (bicyclic) bond motifs is 1. The normalized spacial score (nSPS) is 10.7. The van der Waals surface area contributed by atoms with E-state index in [1.165, 1.54) is 0 Å². The number of hydrogen-bond donors (Lipinski definition) is 2. The van der Waals surface area contributed by atoms with E-state index in [1.54, 1.807) is 37.4 Å². The van der Waals surface area contributed by atoms with E-state index in [2.05, 4.69) is 30.5 Å². The summed E-state index contributed by atoms with van der Waals surface area (Å²) in [6.07, 6.45) is 5.25. The zero-order valence-corrected chi connectivity index (χ0v) is 10.4. The van der Waals surface area contributed by atoms with E-state index in [0.29, 0.717) is 5.95 Å². The second-order valence-corrected chi connectivity index (χ2v) is 4.58. The summed E-state index contributed by atoms with van der Waals surface area (Å²) >= 11 is 1.56. The minimum absolute atomic E-state index is 0.573. The van der Waals surface area contributed by atoms with Gasteiger partial charge in [-0.1, -0.05) is 11.8 Å². The van der Waals surface area contributed by atoms with Crippen molar-refractivity contribution in [1.29, 1.82) is 0 Å². The van der Waals surface area contributed by atoms with E-state index >= 15 is 0 Å². The Kier molecular flexibility index (Phi) is 2.81. The number of aromatic nitrogens is 5. The molecule has 3 aromatic heterocycles. The number of nitrogens with zero attached hydrogens (tertiary/aromatic N) is 4. The number of nitrogens with one attached hydrogen (secondary N) is 2. The van der Waals surface area contributed by atoms with Crippen LogP contribution >= 0.6 is 11.8 Å². The second kappa shape index (κ2) is 4.61. The molecule has 2 N–H and O–H groups in total. The van der Waals surface area contributed by atoms with E-state index < -0.39 is 0 Å². The zero-order valence-electron chi connectivity index (χ0n) is 9.58. The van der Waals surface area contributed by atoms with Gasteiger partial charge in [0.25, 0.3) is 0 Å². The maximum atomic E-state index is 4.45. The predicted molar refractivity (Wildman–Crippen MR) is 69.6 cm³/mol. The van der Waals surface area contributed by atoms with Crippen LogP contribution in [-0.2, 0) is 0 Å². The number of anilines is 1. The van der Waals surface area contributed by atoms with Crippen molar-refractivity contribution in [3.05, 3.63) is 30.7 Å². The van der Waals surface area contributed by atoms with Crippen LogP contribution in [0.25, 0.3) is 11.0 Å². The number of pyridine rings is 1. The van der Waals surface area contributed by atoms with Gasteiger partial charge in [0.1, 0.15) is 5.03 Å². The monoisotopic (exact) mass is 258 g/mol. The van der Waals surface area contributed by atoms with Gasteiger partial charge in [0.05, 0.1) is 11.6 Å². The lowest BCUT2D eigenvalue weighted by atomic mass is 10.4. The molecule has 0 spiro atoms. The molecule has 0 atom stereocenters. The molecule has 0 bridgehead atoms. The van der Waals surface area contributed by atoms with E-state index in [1.807, 2.05) is 12.1 Å². The number of rotatable bonds is 3. The van der Waals surface area contributed by atoms with E-state index in [9.17, 15) is 0 Å². The summed E-state index contributed by atoms with van der Waals surface area (Å²) in [6, 6.07) is 3.88. The smallest absolute Gasteiger partial charge is 0.225 e. The van der Waals surface area contributed by atoms with E-state index in [4.69, 9.17) is 0 Å². The van der Waals surface area contributed by atoms with Gasteiger partial charge in [0, 0.05) is 24.3 Å². The molecule has 18 heavy (non-hydrogen) atoms. The first-order valence-electron chi connectivity index (χ1n) is 5.33. The molecule has 0 radical (unpaired) electrons. The molecule has 3 aromatic rings. The molecule has 0 aromatic carbocycles. The highest BCUT2D eigenvalue weighted by molar-refractivity contribution is 7.99. The molecule has 0 unspecified atom stereocenters. The van der Waals surface area contributed by atoms with Crippen LogP contribution in [0.4, 0.5) is 5.95 Å². The summed E-state index contributed by atoms with van der Waals surface area (Å²) in [6.45, 7) is 0. The minimum Gasteiger partial charge on any atom is -0.357 e. The highest BCUT2D eigenvalue weighted by Gasteiger charge is 2.10. The molecule has 7 heteroatoms. The number of hydrogen-bond acceptors (Lipinski definition) is 6. The van der Waals surface area contributed by atoms with Gasteiger partial charge in [-0.15, -0.1) is 0 Å². The summed E-state index contributed by atoms with van der Waals surface area (Å²) in [7, 11) is 1.79. The fourth-order valence-electron chi connectivity index (χ4n) is 1.52. The molecule has 0 aliphatic rings. The maximum Gasteiger partial charge on any atom is 0.225 e. The van der Waals surface area contributed by atoms with Crippen molar-refractivity contribution >= 4 is 28.7 Å². The molecular weight excluding hydrogens is 248 g/mol. The van der Waals surface area contributed by atoms with Gasteiger partial charge in [-0.2, -0.15) is 10.1 Å². The van der Waals surface area contributed by atoms with Crippen LogP contribution < -0.4 is 5.32 Å². The van der Waals surface area contributed by atoms with E-state index in [-0.39, 0.29) is 0 Å². The minimum atomic E-state index is 0.573. The summed E-state index contributed by atoms with van der Waals surface area (Å²) in [5.74, 6) is 0.573. The predicted octanol–water partition coefficient (Wildman–Crippen LogP) is 1.94. The molecule has 6 nitrogen and oxygen atoms in total. The van der Waals surface area contributed by atoms with Gasteiger partial charge in [0.2, 0.25) is 5.95 Å². The molecule has 0 fully saturated rings. The Morgan fingerprint density at radius 3 is 2.83 bits per heavy atom. The lowest BCUT2D eigenvalue weighted by Crippen LogP contribution is -1.97. The highest BCUT2D eigenvalue weighted by atomic mass is 32.2. The second-order valence-electron chi connectivity index (χ2n) is 3.52. The van der Waals surface area contributed by atoms with Crippen molar-refractivity contribution in [2.45, 2.75) is 9.92 Å². The van der Waals surface area contributed by atoms with Crippen molar-refractivity contribution in [1.82, 2.24) is 25.1 Å². The van der Waals surface area contributed by atoms with E-state index in [0.717, 1.165) is 21.0 Å². The summed E-state index contributed by atoms with van der Waals surface area (Å²) < 4.78 is 0. The Morgan fingerprint density at radius 1 is 1.22 bits per heavy atom. The van der Waals surface area contributed by atoms with Gasteiger partial charge in [0.15, 0.2) is 5.65 Å². The fraction of sp³-hybridized carbons (Fsp3) is 0.0909. The van der Waals surface area contributed by atoms with Crippen LogP contribution in [0.3, 0.4) is 0 Å². The Balaban J connectivity index is 2.07. The molecule has 90 valence electrons. The topological polar surface area (TPSA) is 79.4 Å². The third kappa shape index (κ3) is 2.00. The Bertz CT molecular complexity index is 666. The Morgan fingerprint density at radius 2 is 2.06 bits per heavy atom. The van der Waals surface area contributed by atoms with Crippen molar-refractivity contribution in [2.75, 3.05) is 12.4 Å². The molecular formula is C11H10N6S. The van der Waals surface area contributed by atoms with Crippen LogP contribution in [0, 0.1) is 0 Å². The molecule has 0 saturated heterocycles. The van der Waals surface area contributed by atoms with Crippen molar-refractivity contribution < 1.29 is 0 Å². The van der Waals surface area contributed by atoms with Crippen LogP contribution in [0.15, 0.2) is 40.6 Å². The third-order valence-electron chi connectivity index (χ3n) is 2.36. The van der Waals surface area contributed by atoms with Crippen LogP contribution in [0.5, 0.6) is 0 Å². The quantitative estimate of drug-likeness (QED) is 0.699. The van der Waals surface area contributed by atoms with Crippen molar-refractivity contribution in [3.8, 4) is 0 Å². The number of H-pyrrole nitrogens is 1. The highest BCUT2D eigenvalue weighted by Crippen LogP contribution is 2.30. The van der Waals surface area contributed by atoms with Crippen molar-refractivity contribution in [2.24, 2.45) is 0 Å². The standard InChI is InChI=1S/C11H10N6S/c1-12-11-15-9-8(6-14-17-9)10(16-11)18-7-2-4-13-5-3-7/h2-6H,1H3,(H2,12,14,15,16,17). The number of aromatic amines is 1. The molecule has 0 saturated carbocycles. The average molecular weight is 258 g/mol. The molecule has 0 aliphatic carbocycles. The lowest BCUT2D eigenvalue weighted by Gasteiger charge is -2.04. The first-order chi connectivity index (χ1) is 8.86. The third-order valence-corrected chi connectivity index (χ3v) is 3.38. The largest absolute Gasteiger partial charge is 0.357 e. The Hall–Kier alpha value is -2.15. The fourth-order valence-corrected chi connectivity index (χ4v) is 2.39. The lowest BCUT2D eigenvalue weighted by molar-refractivity contribution is 1.06. The SMILES string of the molecule is CNc1nc(Sc2ccncc2)c2cn[nH]c2n1. The molecule has 0 amide bonds. The van der Waals surface area contributed by atoms with Gasteiger partial charge in [-0.25, -0.2) is 4.98 Å². The average Bonchev–Trinajstić information content (AvgIpc) is 2.88. The summed E-state index contributed by atoms with van der Waals surface area (Å²) in [5, 5.41) is 11.6. The first-order valence-corrected chi connectivity index (χ1v) is 6.15.